The van der Waals surface area contributed by atoms with Crippen molar-refractivity contribution in [3.8, 4) is 11.5 Å². The number of anilines is 2. The van der Waals surface area contributed by atoms with E-state index in [2.05, 4.69) is 15.6 Å². The summed E-state index contributed by atoms with van der Waals surface area (Å²) >= 11 is 0. The number of methoxy groups -OCH3 is 2. The van der Waals surface area contributed by atoms with Crippen LogP contribution < -0.4 is 25.5 Å². The highest BCUT2D eigenvalue weighted by Gasteiger charge is 2.13. The maximum atomic E-state index is 12.3. The van der Waals surface area contributed by atoms with E-state index in [1.54, 1.807) is 18.2 Å². The summed E-state index contributed by atoms with van der Waals surface area (Å²) in [5.41, 5.74) is 0.500. The van der Waals surface area contributed by atoms with Crippen molar-refractivity contribution < 1.29 is 19.1 Å². The fourth-order valence-corrected chi connectivity index (χ4v) is 2.03. The largest absolute Gasteiger partial charge is 0.495 e. The fourth-order valence-electron chi connectivity index (χ4n) is 2.03. The number of carbonyl (C=O) groups excluding carboxylic acids is 2. The van der Waals surface area contributed by atoms with Crippen molar-refractivity contribution in [3.05, 3.63) is 46.4 Å². The van der Waals surface area contributed by atoms with E-state index in [1.165, 1.54) is 27.3 Å². The van der Waals surface area contributed by atoms with Gasteiger partial charge < -0.3 is 25.1 Å². The van der Waals surface area contributed by atoms with Gasteiger partial charge in [-0.2, -0.15) is 0 Å². The molecule has 1 heterocycles. The monoisotopic (exact) mass is 331 g/mol. The summed E-state index contributed by atoms with van der Waals surface area (Å²) in [6.07, 6.45) is 1.31. The summed E-state index contributed by atoms with van der Waals surface area (Å²) < 4.78 is 10.0. The fraction of sp³-hybridized carbons (Fsp3) is 0.188. The Kier molecular flexibility index (Phi) is 5.20. The molecule has 24 heavy (non-hydrogen) atoms. The lowest BCUT2D eigenvalue weighted by molar-refractivity contribution is -0.114. The Bertz CT molecular complexity index is 829. The highest BCUT2D eigenvalue weighted by atomic mass is 16.5. The van der Waals surface area contributed by atoms with Gasteiger partial charge in [-0.1, -0.05) is 0 Å². The Morgan fingerprint density at radius 1 is 1.04 bits per heavy atom. The van der Waals surface area contributed by atoms with Gasteiger partial charge in [0.05, 0.1) is 19.9 Å². The van der Waals surface area contributed by atoms with Crippen molar-refractivity contribution in [2.45, 2.75) is 6.92 Å². The van der Waals surface area contributed by atoms with Gasteiger partial charge in [0, 0.05) is 24.9 Å². The molecule has 0 atom stereocenters. The van der Waals surface area contributed by atoms with Gasteiger partial charge in [0.25, 0.3) is 5.91 Å². The minimum Gasteiger partial charge on any atom is -0.495 e. The molecule has 1 aromatic heterocycles. The molecule has 0 aliphatic rings. The predicted octanol–water partition coefficient (Wildman–Crippen LogP) is 1.60. The number of aromatic nitrogens is 1. The lowest BCUT2D eigenvalue weighted by atomic mass is 10.2. The van der Waals surface area contributed by atoms with Crippen LogP contribution in [0.15, 0.2) is 35.3 Å². The Morgan fingerprint density at radius 3 is 2.33 bits per heavy atom. The molecule has 2 rings (SSSR count). The topological polar surface area (TPSA) is 110 Å². The van der Waals surface area contributed by atoms with Crippen LogP contribution in [0.5, 0.6) is 11.5 Å². The summed E-state index contributed by atoms with van der Waals surface area (Å²) in [5, 5.41) is 5.24. The Hall–Kier alpha value is -3.29. The number of benzene rings is 1. The molecule has 0 saturated carbocycles. The highest BCUT2D eigenvalue weighted by Crippen LogP contribution is 2.28. The molecule has 2 amide bonds. The number of ether oxygens (including phenoxy) is 2. The van der Waals surface area contributed by atoms with E-state index in [0.717, 1.165) is 6.07 Å². The summed E-state index contributed by atoms with van der Waals surface area (Å²) in [7, 11) is 2.82. The second kappa shape index (κ2) is 7.32. The number of carbonyl (C=O) groups is 2. The first-order valence-corrected chi connectivity index (χ1v) is 6.98. The Balaban J connectivity index is 2.28. The zero-order chi connectivity index (χ0) is 17.7. The van der Waals surface area contributed by atoms with E-state index in [1.807, 2.05) is 0 Å². The van der Waals surface area contributed by atoms with E-state index >= 15 is 0 Å². The normalized spacial score (nSPS) is 9.96. The molecule has 8 nitrogen and oxygen atoms in total. The molecule has 0 fully saturated rings. The van der Waals surface area contributed by atoms with Gasteiger partial charge in [-0.05, 0) is 18.2 Å². The van der Waals surface area contributed by atoms with E-state index in [9.17, 15) is 14.4 Å². The highest BCUT2D eigenvalue weighted by molar-refractivity contribution is 6.04. The molecular weight excluding hydrogens is 314 g/mol. The molecule has 0 radical (unpaired) electrons. The third-order valence-corrected chi connectivity index (χ3v) is 3.11. The molecule has 126 valence electrons. The second-order valence-electron chi connectivity index (χ2n) is 4.83. The van der Waals surface area contributed by atoms with Crippen LogP contribution in [0.4, 0.5) is 11.4 Å². The van der Waals surface area contributed by atoms with Crippen molar-refractivity contribution in [2.24, 2.45) is 0 Å². The molecule has 0 spiro atoms. The first kappa shape index (κ1) is 17.1. The number of pyridine rings is 1. The molecule has 1 aromatic carbocycles. The van der Waals surface area contributed by atoms with Crippen LogP contribution in [0.1, 0.15) is 17.4 Å². The Labute approximate surface area is 137 Å². The number of nitrogens with one attached hydrogen (secondary N) is 3. The van der Waals surface area contributed by atoms with Crippen LogP contribution in [0.25, 0.3) is 0 Å². The van der Waals surface area contributed by atoms with Crippen molar-refractivity contribution in [1.82, 2.24) is 4.98 Å². The van der Waals surface area contributed by atoms with Gasteiger partial charge in [0.15, 0.2) is 5.75 Å². The van der Waals surface area contributed by atoms with Gasteiger partial charge in [-0.25, -0.2) is 0 Å². The summed E-state index contributed by atoms with van der Waals surface area (Å²) in [5.74, 6) is -0.255. The van der Waals surface area contributed by atoms with E-state index < -0.39 is 11.3 Å². The van der Waals surface area contributed by atoms with E-state index in [0.29, 0.717) is 17.1 Å². The first-order chi connectivity index (χ1) is 11.4. The van der Waals surface area contributed by atoms with Crippen LogP contribution in [-0.4, -0.2) is 31.0 Å². The van der Waals surface area contributed by atoms with E-state index in [4.69, 9.17) is 9.47 Å². The van der Waals surface area contributed by atoms with Gasteiger partial charge >= 0.3 is 0 Å². The van der Waals surface area contributed by atoms with Crippen molar-refractivity contribution >= 4 is 23.2 Å². The SMILES string of the molecule is COc1ccc(NC(C)=O)cc1NC(=O)c1cc(=O)c(OC)c[nH]1. The molecule has 0 saturated heterocycles. The van der Waals surface area contributed by atoms with Gasteiger partial charge in [-0.15, -0.1) is 0 Å². The maximum absolute atomic E-state index is 12.3. The first-order valence-electron chi connectivity index (χ1n) is 6.98. The van der Waals surface area contributed by atoms with Crippen LogP contribution in [0.3, 0.4) is 0 Å². The number of hydrogen-bond acceptors (Lipinski definition) is 5. The average molecular weight is 331 g/mol. The predicted molar refractivity (Wildman–Crippen MR) is 88.9 cm³/mol. The van der Waals surface area contributed by atoms with Crippen LogP contribution in [-0.2, 0) is 4.79 Å². The van der Waals surface area contributed by atoms with Crippen LogP contribution in [0, 0.1) is 0 Å². The maximum Gasteiger partial charge on any atom is 0.272 e. The van der Waals surface area contributed by atoms with E-state index in [-0.39, 0.29) is 17.4 Å². The van der Waals surface area contributed by atoms with Crippen molar-refractivity contribution in [1.29, 1.82) is 0 Å². The van der Waals surface area contributed by atoms with Crippen molar-refractivity contribution in [3.63, 3.8) is 0 Å². The number of H-pyrrole nitrogens is 1. The Morgan fingerprint density at radius 2 is 1.75 bits per heavy atom. The third kappa shape index (κ3) is 3.92. The smallest absolute Gasteiger partial charge is 0.272 e. The molecule has 0 bridgehead atoms. The lowest BCUT2D eigenvalue weighted by Gasteiger charge is -2.12. The molecule has 0 aliphatic heterocycles. The zero-order valence-corrected chi connectivity index (χ0v) is 13.4. The number of rotatable bonds is 5. The number of aromatic amines is 1. The minimum absolute atomic E-state index is 0.0628. The van der Waals surface area contributed by atoms with Gasteiger partial charge in [-0.3, -0.25) is 14.4 Å². The minimum atomic E-state index is -0.534. The molecule has 3 N–H and O–H groups in total. The summed E-state index contributed by atoms with van der Waals surface area (Å²) in [6.45, 7) is 1.38. The second-order valence-corrected chi connectivity index (χ2v) is 4.83. The quantitative estimate of drug-likeness (QED) is 0.771. The molecule has 0 aliphatic carbocycles. The standard InChI is InChI=1S/C16H17N3O5/c1-9(20)18-10-4-5-14(23-2)11(6-10)19-16(22)12-7-13(21)15(24-3)8-17-12/h4-8H,1-3H3,(H,17,21)(H,18,20)(H,19,22). The molecule has 8 heteroatoms. The molecule has 0 unspecified atom stereocenters. The zero-order valence-electron chi connectivity index (χ0n) is 13.4. The lowest BCUT2D eigenvalue weighted by Crippen LogP contribution is -2.18. The van der Waals surface area contributed by atoms with Crippen molar-refractivity contribution in [2.75, 3.05) is 24.9 Å². The van der Waals surface area contributed by atoms with Gasteiger partial charge in [0.1, 0.15) is 11.4 Å². The van der Waals surface area contributed by atoms with Crippen LogP contribution in [0.2, 0.25) is 0 Å². The molecule has 2 aromatic rings. The third-order valence-electron chi connectivity index (χ3n) is 3.11. The number of amides is 2. The summed E-state index contributed by atoms with van der Waals surface area (Å²) in [6, 6.07) is 5.95. The summed E-state index contributed by atoms with van der Waals surface area (Å²) in [4.78, 5) is 37.9. The average Bonchev–Trinajstić information content (AvgIpc) is 2.54. The van der Waals surface area contributed by atoms with Crippen LogP contribution >= 0.6 is 0 Å². The molecular formula is C16H17N3O5. The number of hydrogen-bond donors (Lipinski definition) is 3. The van der Waals surface area contributed by atoms with Gasteiger partial charge in [0.2, 0.25) is 11.3 Å².